The van der Waals surface area contributed by atoms with Gasteiger partial charge in [0, 0.05) is 12.2 Å². The highest BCUT2D eigenvalue weighted by Gasteiger charge is 2.21. The van der Waals surface area contributed by atoms with Crippen LogP contribution in [0, 0.1) is 18.8 Å². The monoisotopic (exact) mass is 323 g/mol. The van der Waals surface area contributed by atoms with Gasteiger partial charge >= 0.3 is 5.97 Å². The van der Waals surface area contributed by atoms with Crippen molar-refractivity contribution in [1.82, 2.24) is 15.1 Å². The van der Waals surface area contributed by atoms with Crippen LogP contribution in [0.5, 0.6) is 0 Å². The molecule has 0 bridgehead atoms. The van der Waals surface area contributed by atoms with Gasteiger partial charge in [-0.3, -0.25) is 14.3 Å². The molecule has 0 saturated heterocycles. The van der Waals surface area contributed by atoms with Crippen molar-refractivity contribution in [2.45, 2.75) is 59.9 Å². The standard InChI is InChI=1S/C17H29N3O3/c1-6-14(7-2)20-12(5)9-15(19-20)16(21)18-10-13(17(22)23)8-11(3)4/h9,11,13-14H,6-8,10H2,1-5H3,(H,18,21)(H,22,23). The van der Waals surface area contributed by atoms with Crippen LogP contribution < -0.4 is 5.32 Å². The molecule has 23 heavy (non-hydrogen) atoms. The smallest absolute Gasteiger partial charge is 0.308 e. The molecule has 0 aliphatic heterocycles. The fourth-order valence-electron chi connectivity index (χ4n) is 2.75. The number of carboxylic acid groups (broad SMARTS) is 1. The second-order valence-electron chi connectivity index (χ2n) is 6.46. The molecule has 2 N–H and O–H groups in total. The van der Waals surface area contributed by atoms with E-state index < -0.39 is 11.9 Å². The Labute approximate surface area is 138 Å². The Bertz CT molecular complexity index is 533. The molecular formula is C17H29N3O3. The molecule has 0 aromatic carbocycles. The largest absolute Gasteiger partial charge is 0.481 e. The number of aryl methyl sites for hydroxylation is 1. The molecule has 0 spiro atoms. The van der Waals surface area contributed by atoms with Crippen molar-refractivity contribution in [3.05, 3.63) is 17.5 Å². The summed E-state index contributed by atoms with van der Waals surface area (Å²) in [5.74, 6) is -1.49. The Morgan fingerprint density at radius 2 is 1.91 bits per heavy atom. The summed E-state index contributed by atoms with van der Waals surface area (Å²) >= 11 is 0. The van der Waals surface area contributed by atoms with E-state index in [0.29, 0.717) is 12.1 Å². The number of nitrogens with zero attached hydrogens (tertiary/aromatic N) is 2. The molecule has 1 atom stereocenters. The highest BCUT2D eigenvalue weighted by Crippen LogP contribution is 2.18. The zero-order valence-electron chi connectivity index (χ0n) is 14.8. The van der Waals surface area contributed by atoms with E-state index in [1.165, 1.54) is 0 Å². The summed E-state index contributed by atoms with van der Waals surface area (Å²) in [6.07, 6.45) is 2.45. The van der Waals surface area contributed by atoms with Gasteiger partial charge in [-0.15, -0.1) is 0 Å². The molecule has 1 heterocycles. The summed E-state index contributed by atoms with van der Waals surface area (Å²) in [7, 11) is 0. The summed E-state index contributed by atoms with van der Waals surface area (Å²) in [6, 6.07) is 2.04. The van der Waals surface area contributed by atoms with Crippen LogP contribution in [0.3, 0.4) is 0 Å². The average Bonchev–Trinajstić information content (AvgIpc) is 2.86. The van der Waals surface area contributed by atoms with Crippen molar-refractivity contribution in [2.75, 3.05) is 6.54 Å². The molecule has 1 aromatic rings. The van der Waals surface area contributed by atoms with E-state index in [0.717, 1.165) is 18.5 Å². The van der Waals surface area contributed by atoms with Crippen LogP contribution in [0.2, 0.25) is 0 Å². The van der Waals surface area contributed by atoms with Crippen molar-refractivity contribution >= 4 is 11.9 Å². The number of carbonyl (C=O) groups excluding carboxylic acids is 1. The number of aliphatic carboxylic acids is 1. The van der Waals surface area contributed by atoms with Crippen molar-refractivity contribution < 1.29 is 14.7 Å². The maximum absolute atomic E-state index is 12.2. The molecule has 1 rings (SSSR count). The van der Waals surface area contributed by atoms with Crippen LogP contribution in [-0.4, -0.2) is 33.3 Å². The lowest BCUT2D eigenvalue weighted by molar-refractivity contribution is -0.142. The molecule has 6 nitrogen and oxygen atoms in total. The van der Waals surface area contributed by atoms with Crippen molar-refractivity contribution in [3.8, 4) is 0 Å². The summed E-state index contributed by atoms with van der Waals surface area (Å²) < 4.78 is 1.89. The second kappa shape index (κ2) is 8.70. The van der Waals surface area contributed by atoms with Crippen LogP contribution in [0.1, 0.15) is 69.2 Å². The number of carbonyl (C=O) groups is 2. The number of carboxylic acids is 1. The Hall–Kier alpha value is -1.85. The summed E-state index contributed by atoms with van der Waals surface area (Å²) in [6.45, 7) is 10.2. The first-order valence-electron chi connectivity index (χ1n) is 8.37. The molecule has 0 saturated carbocycles. The molecule has 0 aliphatic carbocycles. The van der Waals surface area contributed by atoms with Crippen LogP contribution in [-0.2, 0) is 4.79 Å². The fraction of sp³-hybridized carbons (Fsp3) is 0.706. The Balaban J connectivity index is 2.75. The van der Waals surface area contributed by atoms with Gasteiger partial charge in [0.25, 0.3) is 5.91 Å². The molecule has 130 valence electrons. The second-order valence-corrected chi connectivity index (χ2v) is 6.46. The van der Waals surface area contributed by atoms with Gasteiger partial charge in [-0.2, -0.15) is 5.10 Å². The maximum atomic E-state index is 12.2. The van der Waals surface area contributed by atoms with Gasteiger partial charge in [0.05, 0.1) is 12.0 Å². The Morgan fingerprint density at radius 3 is 2.39 bits per heavy atom. The molecule has 0 fully saturated rings. The predicted octanol–water partition coefficient (Wildman–Crippen LogP) is 3.03. The minimum Gasteiger partial charge on any atom is -0.481 e. The van der Waals surface area contributed by atoms with Gasteiger partial charge in [-0.25, -0.2) is 0 Å². The third-order valence-electron chi connectivity index (χ3n) is 4.06. The zero-order chi connectivity index (χ0) is 17.6. The summed E-state index contributed by atoms with van der Waals surface area (Å²) in [5, 5.41) is 16.3. The lowest BCUT2D eigenvalue weighted by Gasteiger charge is -2.15. The van der Waals surface area contributed by atoms with Gasteiger partial charge in [0.1, 0.15) is 5.69 Å². The average molecular weight is 323 g/mol. The minimum atomic E-state index is -0.877. The highest BCUT2D eigenvalue weighted by molar-refractivity contribution is 5.92. The van der Waals surface area contributed by atoms with Crippen LogP contribution in [0.15, 0.2) is 6.07 Å². The summed E-state index contributed by atoms with van der Waals surface area (Å²) in [4.78, 5) is 23.5. The third kappa shape index (κ3) is 5.37. The third-order valence-corrected chi connectivity index (χ3v) is 4.06. The zero-order valence-corrected chi connectivity index (χ0v) is 14.8. The molecular weight excluding hydrogens is 294 g/mol. The lowest BCUT2D eigenvalue weighted by atomic mass is 9.97. The molecule has 1 aromatic heterocycles. The van der Waals surface area contributed by atoms with Crippen LogP contribution >= 0.6 is 0 Å². The highest BCUT2D eigenvalue weighted by atomic mass is 16.4. The van der Waals surface area contributed by atoms with E-state index in [-0.39, 0.29) is 24.4 Å². The van der Waals surface area contributed by atoms with E-state index in [9.17, 15) is 14.7 Å². The van der Waals surface area contributed by atoms with Gasteiger partial charge < -0.3 is 10.4 Å². The van der Waals surface area contributed by atoms with E-state index >= 15 is 0 Å². The first-order chi connectivity index (χ1) is 10.8. The number of rotatable bonds is 9. The van der Waals surface area contributed by atoms with Gasteiger partial charge in [-0.05, 0) is 38.2 Å². The van der Waals surface area contributed by atoms with Crippen molar-refractivity contribution in [2.24, 2.45) is 11.8 Å². The molecule has 1 amide bonds. The first-order valence-corrected chi connectivity index (χ1v) is 8.37. The van der Waals surface area contributed by atoms with E-state index in [1.807, 2.05) is 25.5 Å². The first kappa shape index (κ1) is 19.2. The van der Waals surface area contributed by atoms with Gasteiger partial charge in [0.15, 0.2) is 0 Å². The van der Waals surface area contributed by atoms with E-state index in [1.54, 1.807) is 6.07 Å². The number of nitrogens with one attached hydrogen (secondary N) is 1. The number of aromatic nitrogens is 2. The van der Waals surface area contributed by atoms with Crippen molar-refractivity contribution in [1.29, 1.82) is 0 Å². The fourth-order valence-corrected chi connectivity index (χ4v) is 2.75. The van der Waals surface area contributed by atoms with E-state index in [2.05, 4.69) is 24.3 Å². The minimum absolute atomic E-state index is 0.128. The van der Waals surface area contributed by atoms with E-state index in [4.69, 9.17) is 0 Å². The number of amides is 1. The lowest BCUT2D eigenvalue weighted by Crippen LogP contribution is -2.34. The molecule has 0 aliphatic rings. The van der Waals surface area contributed by atoms with Crippen LogP contribution in [0.4, 0.5) is 0 Å². The maximum Gasteiger partial charge on any atom is 0.308 e. The molecule has 1 unspecified atom stereocenters. The SMILES string of the molecule is CCC(CC)n1nc(C(=O)NCC(CC(C)C)C(=O)O)cc1C. The predicted molar refractivity (Wildman–Crippen MR) is 89.5 cm³/mol. The van der Waals surface area contributed by atoms with Gasteiger partial charge in [0.2, 0.25) is 0 Å². The quantitative estimate of drug-likeness (QED) is 0.731. The van der Waals surface area contributed by atoms with Crippen molar-refractivity contribution in [3.63, 3.8) is 0 Å². The summed E-state index contributed by atoms with van der Waals surface area (Å²) in [5.41, 5.74) is 1.30. The normalized spacial score (nSPS) is 12.7. The number of hydrogen-bond donors (Lipinski definition) is 2. The van der Waals surface area contributed by atoms with Gasteiger partial charge in [-0.1, -0.05) is 27.7 Å². The van der Waals surface area contributed by atoms with Crippen LogP contribution in [0.25, 0.3) is 0 Å². The number of hydrogen-bond acceptors (Lipinski definition) is 3. The molecule has 6 heteroatoms. The Kier molecular flexibility index (Phi) is 7.26. The topological polar surface area (TPSA) is 84.2 Å². The molecule has 0 radical (unpaired) electrons. The Morgan fingerprint density at radius 1 is 1.30 bits per heavy atom.